The minimum absolute atomic E-state index is 0.139. The largest absolute Gasteiger partial charge is 0.465 e. The fraction of sp³-hybridized carbons (Fsp3) is 0.556. The van der Waals surface area contributed by atoms with Crippen LogP contribution in [0.3, 0.4) is 0 Å². The van der Waals surface area contributed by atoms with E-state index in [9.17, 15) is 8.42 Å². The van der Waals surface area contributed by atoms with Crippen molar-refractivity contribution in [2.24, 2.45) is 0 Å². The van der Waals surface area contributed by atoms with Crippen LogP contribution in [-0.2, 0) is 9.84 Å². The molecule has 2 heterocycles. The lowest BCUT2D eigenvalue weighted by molar-refractivity contribution is 0.413. The molecule has 2 rings (SSSR count). The van der Waals surface area contributed by atoms with Gasteiger partial charge in [0.25, 0.3) is 0 Å². The lowest BCUT2D eigenvalue weighted by Crippen LogP contribution is -2.38. The normalized spacial score (nSPS) is 26.2. The molecule has 5 heteroatoms. The summed E-state index contributed by atoms with van der Waals surface area (Å²) in [4.78, 5) is 0. The van der Waals surface area contributed by atoms with Crippen LogP contribution >= 0.6 is 0 Å². The van der Waals surface area contributed by atoms with Gasteiger partial charge in [0.1, 0.15) is 11.5 Å². The molecule has 14 heavy (non-hydrogen) atoms. The van der Waals surface area contributed by atoms with E-state index in [-0.39, 0.29) is 17.5 Å². The van der Waals surface area contributed by atoms with Crippen LogP contribution in [0, 0.1) is 6.92 Å². The van der Waals surface area contributed by atoms with Gasteiger partial charge in [0, 0.05) is 6.54 Å². The third kappa shape index (κ3) is 1.99. The second-order valence-electron chi connectivity index (χ2n) is 3.57. The van der Waals surface area contributed by atoms with Crippen LogP contribution in [0.5, 0.6) is 0 Å². The summed E-state index contributed by atoms with van der Waals surface area (Å²) in [5.74, 6) is 1.89. The first-order chi connectivity index (χ1) is 6.57. The highest BCUT2D eigenvalue weighted by atomic mass is 32.2. The number of aryl methyl sites for hydroxylation is 1. The maximum Gasteiger partial charge on any atom is 0.153 e. The molecule has 1 aliphatic heterocycles. The topological polar surface area (TPSA) is 59.3 Å². The SMILES string of the molecule is Cc1ccc([C@@H]2CS(=O)(=O)CCN2)o1. The Kier molecular flexibility index (Phi) is 2.36. The summed E-state index contributed by atoms with van der Waals surface area (Å²) in [5.41, 5.74) is 0. The molecule has 0 radical (unpaired) electrons. The molecular formula is C9H13NO3S. The lowest BCUT2D eigenvalue weighted by Gasteiger charge is -2.21. The third-order valence-electron chi connectivity index (χ3n) is 2.33. The number of hydrogen-bond donors (Lipinski definition) is 1. The number of rotatable bonds is 1. The van der Waals surface area contributed by atoms with Crippen molar-refractivity contribution in [2.75, 3.05) is 18.1 Å². The Morgan fingerprint density at radius 1 is 1.50 bits per heavy atom. The maximum atomic E-state index is 11.4. The Morgan fingerprint density at radius 2 is 2.29 bits per heavy atom. The molecule has 1 aromatic rings. The zero-order valence-electron chi connectivity index (χ0n) is 7.99. The van der Waals surface area contributed by atoms with E-state index < -0.39 is 9.84 Å². The van der Waals surface area contributed by atoms with Gasteiger partial charge in [0.05, 0.1) is 17.5 Å². The summed E-state index contributed by atoms with van der Waals surface area (Å²) >= 11 is 0. The molecule has 1 saturated heterocycles. The maximum absolute atomic E-state index is 11.4. The van der Waals surface area contributed by atoms with Crippen molar-refractivity contribution in [3.63, 3.8) is 0 Å². The van der Waals surface area contributed by atoms with Crippen LogP contribution in [0.15, 0.2) is 16.5 Å². The first-order valence-corrected chi connectivity index (χ1v) is 6.39. The zero-order valence-corrected chi connectivity index (χ0v) is 8.80. The minimum atomic E-state index is -2.89. The van der Waals surface area contributed by atoms with E-state index in [0.717, 1.165) is 5.76 Å². The minimum Gasteiger partial charge on any atom is -0.465 e. The molecule has 1 N–H and O–H groups in total. The van der Waals surface area contributed by atoms with Crippen molar-refractivity contribution >= 4 is 9.84 Å². The van der Waals surface area contributed by atoms with Gasteiger partial charge in [0.15, 0.2) is 9.84 Å². The van der Waals surface area contributed by atoms with Crippen LogP contribution in [0.1, 0.15) is 17.6 Å². The predicted molar refractivity (Wildman–Crippen MR) is 52.8 cm³/mol. The number of hydrogen-bond acceptors (Lipinski definition) is 4. The summed E-state index contributed by atoms with van der Waals surface area (Å²) in [6, 6.07) is 3.49. The van der Waals surface area contributed by atoms with Gasteiger partial charge in [-0.25, -0.2) is 8.42 Å². The first kappa shape index (κ1) is 9.73. The zero-order chi connectivity index (χ0) is 10.2. The molecule has 0 aromatic carbocycles. The van der Waals surface area contributed by atoms with Crippen molar-refractivity contribution < 1.29 is 12.8 Å². The van der Waals surface area contributed by atoms with Crippen molar-refractivity contribution in [1.82, 2.24) is 5.32 Å². The molecule has 0 saturated carbocycles. The molecule has 0 aliphatic carbocycles. The summed E-state index contributed by atoms with van der Waals surface area (Å²) in [7, 11) is -2.89. The average molecular weight is 215 g/mol. The van der Waals surface area contributed by atoms with Crippen LogP contribution in [0.4, 0.5) is 0 Å². The van der Waals surface area contributed by atoms with E-state index in [2.05, 4.69) is 5.32 Å². The summed E-state index contributed by atoms with van der Waals surface area (Å²) in [5, 5.41) is 3.13. The first-order valence-electron chi connectivity index (χ1n) is 4.57. The van der Waals surface area contributed by atoms with Gasteiger partial charge >= 0.3 is 0 Å². The smallest absolute Gasteiger partial charge is 0.153 e. The van der Waals surface area contributed by atoms with Crippen molar-refractivity contribution in [1.29, 1.82) is 0 Å². The van der Waals surface area contributed by atoms with E-state index in [1.165, 1.54) is 0 Å². The van der Waals surface area contributed by atoms with Crippen LogP contribution < -0.4 is 5.32 Å². The summed E-state index contributed by atoms with van der Waals surface area (Å²) in [6.45, 7) is 2.35. The summed E-state index contributed by atoms with van der Waals surface area (Å²) < 4.78 is 28.1. The van der Waals surface area contributed by atoms with E-state index in [1.54, 1.807) is 0 Å². The fourth-order valence-corrected chi connectivity index (χ4v) is 2.99. The Labute approximate surface area is 83.2 Å². The molecule has 0 bridgehead atoms. The molecule has 0 unspecified atom stereocenters. The Hall–Kier alpha value is -0.810. The molecule has 0 amide bonds. The quantitative estimate of drug-likeness (QED) is 0.747. The van der Waals surface area contributed by atoms with Crippen molar-refractivity contribution in [3.8, 4) is 0 Å². The Balaban J connectivity index is 2.20. The lowest BCUT2D eigenvalue weighted by atomic mass is 10.2. The molecule has 78 valence electrons. The standard InChI is InChI=1S/C9H13NO3S/c1-7-2-3-9(13-7)8-6-14(11,12)5-4-10-8/h2-3,8,10H,4-6H2,1H3/t8-/m0/s1. The molecule has 0 spiro atoms. The van der Waals surface area contributed by atoms with Gasteiger partial charge in [0.2, 0.25) is 0 Å². The van der Waals surface area contributed by atoms with Gasteiger partial charge in [-0.05, 0) is 19.1 Å². The van der Waals surface area contributed by atoms with E-state index in [0.29, 0.717) is 12.3 Å². The van der Waals surface area contributed by atoms with Gasteiger partial charge < -0.3 is 9.73 Å². The fourth-order valence-electron chi connectivity index (χ4n) is 1.61. The van der Waals surface area contributed by atoms with Gasteiger partial charge in [-0.15, -0.1) is 0 Å². The van der Waals surface area contributed by atoms with E-state index in [1.807, 2.05) is 19.1 Å². The van der Waals surface area contributed by atoms with Gasteiger partial charge in [-0.2, -0.15) is 0 Å². The molecule has 4 nitrogen and oxygen atoms in total. The average Bonchev–Trinajstić information content (AvgIpc) is 2.50. The second-order valence-corrected chi connectivity index (χ2v) is 5.80. The molecule has 1 aromatic heterocycles. The van der Waals surface area contributed by atoms with Crippen LogP contribution in [0.2, 0.25) is 0 Å². The number of furan rings is 1. The van der Waals surface area contributed by atoms with E-state index in [4.69, 9.17) is 4.42 Å². The van der Waals surface area contributed by atoms with Crippen LogP contribution in [-0.4, -0.2) is 26.5 Å². The molecule has 1 atom stereocenters. The van der Waals surface area contributed by atoms with Crippen molar-refractivity contribution in [3.05, 3.63) is 23.7 Å². The monoisotopic (exact) mass is 215 g/mol. The molecule has 1 fully saturated rings. The number of sulfone groups is 1. The Morgan fingerprint density at radius 3 is 2.86 bits per heavy atom. The van der Waals surface area contributed by atoms with Gasteiger partial charge in [-0.1, -0.05) is 0 Å². The van der Waals surface area contributed by atoms with Crippen molar-refractivity contribution in [2.45, 2.75) is 13.0 Å². The van der Waals surface area contributed by atoms with Gasteiger partial charge in [-0.3, -0.25) is 0 Å². The number of nitrogens with one attached hydrogen (secondary N) is 1. The third-order valence-corrected chi connectivity index (χ3v) is 4.00. The molecular weight excluding hydrogens is 202 g/mol. The Bertz CT molecular complexity index is 421. The predicted octanol–water partition coefficient (Wildman–Crippen LogP) is 0.647. The summed E-state index contributed by atoms with van der Waals surface area (Å²) in [6.07, 6.45) is 0. The second kappa shape index (κ2) is 3.40. The van der Waals surface area contributed by atoms with E-state index >= 15 is 0 Å². The molecule has 1 aliphatic rings. The van der Waals surface area contributed by atoms with Crippen LogP contribution in [0.25, 0.3) is 0 Å². The highest BCUT2D eigenvalue weighted by molar-refractivity contribution is 7.91. The highest BCUT2D eigenvalue weighted by Gasteiger charge is 2.27. The highest BCUT2D eigenvalue weighted by Crippen LogP contribution is 2.20.